The average Bonchev–Trinajstić information content (AvgIpc) is 2.89. The summed E-state index contributed by atoms with van der Waals surface area (Å²) in [5.41, 5.74) is 0.395. The summed E-state index contributed by atoms with van der Waals surface area (Å²) < 4.78 is 4.64. The number of piperidine rings is 1. The summed E-state index contributed by atoms with van der Waals surface area (Å²) in [4.78, 5) is 32.1. The van der Waals surface area contributed by atoms with E-state index in [1.54, 1.807) is 7.05 Å². The van der Waals surface area contributed by atoms with Crippen molar-refractivity contribution in [1.82, 2.24) is 23.6 Å². The number of likely N-dealkylation sites (tertiary alicyclic amines) is 1. The molecule has 1 fully saturated rings. The zero-order valence-electron chi connectivity index (χ0n) is 16.1. The van der Waals surface area contributed by atoms with Crippen LogP contribution in [-0.4, -0.2) is 36.7 Å². The second-order valence-electron chi connectivity index (χ2n) is 8.01. The Balaban J connectivity index is 2.14. The number of rotatable bonds is 3. The molecule has 0 N–H and O–H groups in total. The number of aryl methyl sites for hydroxylation is 1. The number of aromatic nitrogens is 4. The second kappa shape index (κ2) is 6.44. The van der Waals surface area contributed by atoms with Gasteiger partial charge in [0.1, 0.15) is 5.82 Å². The van der Waals surface area contributed by atoms with Crippen LogP contribution in [0.5, 0.6) is 0 Å². The summed E-state index contributed by atoms with van der Waals surface area (Å²) in [5.74, 6) is 2.19. The van der Waals surface area contributed by atoms with Crippen molar-refractivity contribution in [3.05, 3.63) is 26.7 Å². The van der Waals surface area contributed by atoms with Gasteiger partial charge in [0.2, 0.25) is 0 Å². The normalized spacial score (nSPS) is 22.2. The summed E-state index contributed by atoms with van der Waals surface area (Å²) in [6.45, 7) is 11.5. The van der Waals surface area contributed by atoms with Gasteiger partial charge < -0.3 is 4.57 Å². The van der Waals surface area contributed by atoms with Crippen molar-refractivity contribution in [1.29, 1.82) is 0 Å². The first-order valence-corrected chi connectivity index (χ1v) is 9.09. The van der Waals surface area contributed by atoms with E-state index in [9.17, 15) is 9.59 Å². The van der Waals surface area contributed by atoms with Crippen LogP contribution in [0.4, 0.5) is 0 Å². The highest BCUT2D eigenvalue weighted by atomic mass is 16.2. The van der Waals surface area contributed by atoms with Crippen LogP contribution in [0.1, 0.15) is 46.0 Å². The topological polar surface area (TPSA) is 65.1 Å². The van der Waals surface area contributed by atoms with Gasteiger partial charge in [-0.3, -0.25) is 18.8 Å². The number of fused-ring (bicyclic) bond motifs is 1. The van der Waals surface area contributed by atoms with E-state index < -0.39 is 0 Å². The molecule has 1 aliphatic rings. The lowest BCUT2D eigenvalue weighted by molar-refractivity contribution is 0.130. The first kappa shape index (κ1) is 17.9. The maximum absolute atomic E-state index is 12.7. The van der Waals surface area contributed by atoms with E-state index >= 15 is 0 Å². The Bertz CT molecular complexity index is 895. The summed E-state index contributed by atoms with van der Waals surface area (Å²) in [6.07, 6.45) is 1.26. The third-order valence-electron chi connectivity index (χ3n) is 5.19. The molecule has 1 saturated heterocycles. The minimum atomic E-state index is -0.335. The summed E-state index contributed by atoms with van der Waals surface area (Å²) in [6, 6.07) is 0.102. The lowest BCUT2D eigenvalue weighted by Crippen LogP contribution is -2.39. The van der Waals surface area contributed by atoms with E-state index in [0.717, 1.165) is 23.5 Å². The SMILES string of the molecule is CC(C)n1c(CN2C[C@H](C)C[C@H](C)C2)nc2c1c(=O)n(C)c(=O)n2C. The quantitative estimate of drug-likeness (QED) is 0.844. The first-order chi connectivity index (χ1) is 11.7. The number of hydrogen-bond acceptors (Lipinski definition) is 4. The maximum atomic E-state index is 12.7. The molecule has 7 heteroatoms. The van der Waals surface area contributed by atoms with Gasteiger partial charge in [0.25, 0.3) is 5.56 Å². The molecule has 0 spiro atoms. The molecule has 0 radical (unpaired) electrons. The Hall–Kier alpha value is -1.89. The molecule has 0 bridgehead atoms. The molecular formula is C18H29N5O2. The molecule has 2 aromatic heterocycles. The Labute approximate surface area is 147 Å². The fourth-order valence-corrected chi connectivity index (χ4v) is 4.25. The van der Waals surface area contributed by atoms with E-state index in [4.69, 9.17) is 4.98 Å². The minimum Gasteiger partial charge on any atom is -0.318 e. The van der Waals surface area contributed by atoms with Crippen LogP contribution < -0.4 is 11.2 Å². The van der Waals surface area contributed by atoms with E-state index in [1.807, 2.05) is 4.57 Å². The van der Waals surface area contributed by atoms with Gasteiger partial charge in [-0.25, -0.2) is 9.78 Å². The van der Waals surface area contributed by atoms with Crippen LogP contribution in [0.3, 0.4) is 0 Å². The zero-order chi connectivity index (χ0) is 18.5. The molecule has 0 aliphatic carbocycles. The van der Waals surface area contributed by atoms with Gasteiger partial charge in [0, 0.05) is 33.2 Å². The fourth-order valence-electron chi connectivity index (χ4n) is 4.25. The van der Waals surface area contributed by atoms with Crippen molar-refractivity contribution in [2.45, 2.75) is 46.7 Å². The summed E-state index contributed by atoms with van der Waals surface area (Å²) >= 11 is 0. The third-order valence-corrected chi connectivity index (χ3v) is 5.19. The predicted octanol–water partition coefficient (Wildman–Crippen LogP) is 1.49. The molecule has 0 aromatic carbocycles. The molecule has 1 aliphatic heterocycles. The van der Waals surface area contributed by atoms with Crippen molar-refractivity contribution in [2.75, 3.05) is 13.1 Å². The van der Waals surface area contributed by atoms with Gasteiger partial charge in [-0.05, 0) is 32.1 Å². The van der Waals surface area contributed by atoms with E-state index in [1.165, 1.54) is 18.0 Å². The van der Waals surface area contributed by atoms with Crippen molar-refractivity contribution in [2.24, 2.45) is 25.9 Å². The Morgan fingerprint density at radius 2 is 1.68 bits per heavy atom. The zero-order valence-corrected chi connectivity index (χ0v) is 16.1. The van der Waals surface area contributed by atoms with Crippen molar-refractivity contribution < 1.29 is 0 Å². The fraction of sp³-hybridized carbons (Fsp3) is 0.722. The van der Waals surface area contributed by atoms with E-state index in [-0.39, 0.29) is 17.3 Å². The third kappa shape index (κ3) is 3.05. The average molecular weight is 347 g/mol. The van der Waals surface area contributed by atoms with E-state index in [2.05, 4.69) is 32.6 Å². The lowest BCUT2D eigenvalue weighted by Gasteiger charge is -2.34. The van der Waals surface area contributed by atoms with Crippen LogP contribution in [0, 0.1) is 11.8 Å². The number of imidazole rings is 1. The van der Waals surface area contributed by atoms with Crippen LogP contribution in [0.2, 0.25) is 0 Å². The van der Waals surface area contributed by atoms with Crippen LogP contribution in [-0.2, 0) is 20.6 Å². The second-order valence-corrected chi connectivity index (χ2v) is 8.01. The number of hydrogen-bond donors (Lipinski definition) is 0. The molecule has 3 heterocycles. The minimum absolute atomic E-state index is 0.102. The highest BCUT2D eigenvalue weighted by molar-refractivity contribution is 5.71. The predicted molar refractivity (Wildman–Crippen MR) is 98.8 cm³/mol. The molecular weight excluding hydrogens is 318 g/mol. The molecule has 0 saturated carbocycles. The van der Waals surface area contributed by atoms with Gasteiger partial charge in [-0.2, -0.15) is 0 Å². The largest absolute Gasteiger partial charge is 0.332 e. The molecule has 138 valence electrons. The van der Waals surface area contributed by atoms with Crippen molar-refractivity contribution >= 4 is 11.2 Å². The summed E-state index contributed by atoms with van der Waals surface area (Å²) in [7, 11) is 3.20. The highest BCUT2D eigenvalue weighted by Gasteiger charge is 2.26. The van der Waals surface area contributed by atoms with Gasteiger partial charge in [-0.1, -0.05) is 13.8 Å². The highest BCUT2D eigenvalue weighted by Crippen LogP contribution is 2.24. The van der Waals surface area contributed by atoms with Crippen molar-refractivity contribution in [3.8, 4) is 0 Å². The van der Waals surface area contributed by atoms with Crippen LogP contribution >= 0.6 is 0 Å². The molecule has 0 unspecified atom stereocenters. The number of nitrogens with zero attached hydrogens (tertiary/aromatic N) is 5. The van der Waals surface area contributed by atoms with Gasteiger partial charge in [-0.15, -0.1) is 0 Å². The molecule has 2 aromatic rings. The van der Waals surface area contributed by atoms with Gasteiger partial charge in [0.05, 0.1) is 6.54 Å². The molecule has 3 rings (SSSR count). The van der Waals surface area contributed by atoms with Gasteiger partial charge >= 0.3 is 5.69 Å². The van der Waals surface area contributed by atoms with Crippen LogP contribution in [0.25, 0.3) is 11.2 Å². The first-order valence-electron chi connectivity index (χ1n) is 9.09. The van der Waals surface area contributed by atoms with Crippen LogP contribution in [0.15, 0.2) is 9.59 Å². The smallest absolute Gasteiger partial charge is 0.318 e. The standard InChI is InChI=1S/C18H29N5O2/c1-11(2)23-14(10-22-8-12(3)7-13(4)9-22)19-16-15(23)17(24)21(6)18(25)20(16)5/h11-13H,7-10H2,1-6H3/t12-,13+. The molecule has 25 heavy (non-hydrogen) atoms. The molecule has 0 amide bonds. The Morgan fingerprint density at radius 3 is 2.24 bits per heavy atom. The molecule has 7 nitrogen and oxygen atoms in total. The lowest BCUT2D eigenvalue weighted by atomic mass is 9.92. The van der Waals surface area contributed by atoms with Crippen molar-refractivity contribution in [3.63, 3.8) is 0 Å². The Kier molecular flexibility index (Phi) is 4.62. The summed E-state index contributed by atoms with van der Waals surface area (Å²) in [5, 5.41) is 0. The molecule has 2 atom stereocenters. The monoisotopic (exact) mass is 347 g/mol. The Morgan fingerprint density at radius 1 is 1.08 bits per heavy atom. The van der Waals surface area contributed by atoms with E-state index in [0.29, 0.717) is 29.5 Å². The van der Waals surface area contributed by atoms with Gasteiger partial charge in [0.15, 0.2) is 11.2 Å². The maximum Gasteiger partial charge on any atom is 0.332 e.